The van der Waals surface area contributed by atoms with E-state index in [-0.39, 0.29) is 11.0 Å². The molecule has 0 aliphatic carbocycles. The molecule has 28 heavy (non-hydrogen) atoms. The third-order valence-corrected chi connectivity index (χ3v) is 4.84. The van der Waals surface area contributed by atoms with Crippen molar-refractivity contribution in [3.05, 3.63) is 94.5 Å². The molecule has 0 aromatic heterocycles. The number of rotatable bonds is 6. The third kappa shape index (κ3) is 5.90. The van der Waals surface area contributed by atoms with E-state index in [0.29, 0.717) is 17.9 Å². The highest BCUT2D eigenvalue weighted by molar-refractivity contribution is 9.10. The van der Waals surface area contributed by atoms with E-state index in [1.807, 2.05) is 48.5 Å². The second-order valence-electron chi connectivity index (χ2n) is 6.00. The van der Waals surface area contributed by atoms with Gasteiger partial charge < -0.3 is 10.1 Å². The lowest BCUT2D eigenvalue weighted by atomic mass is 10.2. The van der Waals surface area contributed by atoms with Crippen molar-refractivity contribution < 1.29 is 9.53 Å². The van der Waals surface area contributed by atoms with Crippen LogP contribution in [0.25, 0.3) is 0 Å². The van der Waals surface area contributed by atoms with Gasteiger partial charge in [0.1, 0.15) is 5.75 Å². The summed E-state index contributed by atoms with van der Waals surface area (Å²) in [6.45, 7) is 0.539. The van der Waals surface area contributed by atoms with E-state index in [1.165, 1.54) is 5.56 Å². The van der Waals surface area contributed by atoms with Gasteiger partial charge in [0, 0.05) is 16.5 Å². The van der Waals surface area contributed by atoms with Crippen LogP contribution in [0.3, 0.4) is 0 Å². The molecular formula is C22H19BrN2O2S. The van der Waals surface area contributed by atoms with E-state index in [2.05, 4.69) is 38.7 Å². The summed E-state index contributed by atoms with van der Waals surface area (Å²) in [5.41, 5.74) is 2.47. The normalized spacial score (nSPS) is 10.2. The second-order valence-corrected chi connectivity index (χ2v) is 7.26. The molecule has 0 heterocycles. The largest absolute Gasteiger partial charge is 0.493 e. The number of hydrogen-bond donors (Lipinski definition) is 2. The van der Waals surface area contributed by atoms with Gasteiger partial charge in [0.2, 0.25) is 0 Å². The number of carbonyl (C=O) groups excluding carboxylic acids is 1. The Balaban J connectivity index is 1.54. The van der Waals surface area contributed by atoms with Gasteiger partial charge in [0.15, 0.2) is 5.11 Å². The van der Waals surface area contributed by atoms with Crippen LogP contribution in [-0.2, 0) is 6.42 Å². The van der Waals surface area contributed by atoms with E-state index in [4.69, 9.17) is 17.0 Å². The topological polar surface area (TPSA) is 50.4 Å². The maximum absolute atomic E-state index is 12.5. The van der Waals surface area contributed by atoms with E-state index in [0.717, 1.165) is 16.6 Å². The molecule has 1 amide bonds. The van der Waals surface area contributed by atoms with E-state index < -0.39 is 0 Å². The highest BCUT2D eigenvalue weighted by atomic mass is 79.9. The molecule has 2 N–H and O–H groups in total. The number of para-hydroxylation sites is 1. The number of benzene rings is 3. The molecule has 0 spiro atoms. The molecule has 3 aromatic carbocycles. The molecule has 0 saturated carbocycles. The summed E-state index contributed by atoms with van der Waals surface area (Å²) in [6.07, 6.45) is 0.803. The number of anilines is 1. The van der Waals surface area contributed by atoms with Gasteiger partial charge in [-0.2, -0.15) is 0 Å². The Morgan fingerprint density at radius 2 is 1.71 bits per heavy atom. The Hall–Kier alpha value is -2.70. The molecule has 0 saturated heterocycles. The molecule has 4 nitrogen and oxygen atoms in total. The number of hydrogen-bond acceptors (Lipinski definition) is 3. The van der Waals surface area contributed by atoms with Crippen LogP contribution in [-0.4, -0.2) is 17.6 Å². The van der Waals surface area contributed by atoms with Crippen molar-refractivity contribution in [2.45, 2.75) is 6.42 Å². The summed E-state index contributed by atoms with van der Waals surface area (Å²) < 4.78 is 6.64. The zero-order valence-electron chi connectivity index (χ0n) is 15.0. The van der Waals surface area contributed by atoms with Gasteiger partial charge in [-0.05, 0) is 64.0 Å². The zero-order valence-corrected chi connectivity index (χ0v) is 17.4. The van der Waals surface area contributed by atoms with Gasteiger partial charge in [0.05, 0.1) is 12.3 Å². The summed E-state index contributed by atoms with van der Waals surface area (Å²) in [5, 5.41) is 5.91. The minimum atomic E-state index is -0.293. The van der Waals surface area contributed by atoms with Crippen molar-refractivity contribution in [1.82, 2.24) is 5.32 Å². The number of ether oxygens (including phenoxy) is 1. The number of nitrogens with one attached hydrogen (secondary N) is 2. The first-order valence-electron chi connectivity index (χ1n) is 8.75. The van der Waals surface area contributed by atoms with Crippen LogP contribution in [0.2, 0.25) is 0 Å². The highest BCUT2D eigenvalue weighted by Gasteiger charge is 2.10. The van der Waals surface area contributed by atoms with Crippen molar-refractivity contribution >= 4 is 44.9 Å². The molecule has 0 bridgehead atoms. The standard InChI is InChI=1S/C22H19BrN2O2S/c23-19-11-4-5-12-20(19)24-22(28)25-21(26)17-9-6-10-18(15-17)27-14-13-16-7-2-1-3-8-16/h1-12,15H,13-14H2,(H2,24,25,26,28). The van der Waals surface area contributed by atoms with Crippen LogP contribution in [0.15, 0.2) is 83.3 Å². The van der Waals surface area contributed by atoms with Crippen LogP contribution in [0.5, 0.6) is 5.75 Å². The molecule has 3 rings (SSSR count). The lowest BCUT2D eigenvalue weighted by Crippen LogP contribution is -2.34. The van der Waals surface area contributed by atoms with Crippen LogP contribution >= 0.6 is 28.1 Å². The molecule has 0 unspecified atom stereocenters. The molecule has 6 heteroatoms. The summed E-state index contributed by atoms with van der Waals surface area (Å²) in [4.78, 5) is 12.5. The van der Waals surface area contributed by atoms with Crippen LogP contribution in [0.1, 0.15) is 15.9 Å². The van der Waals surface area contributed by atoms with Gasteiger partial charge in [-0.15, -0.1) is 0 Å². The molecule has 3 aromatic rings. The Kier molecular flexibility index (Phi) is 7.17. The first-order chi connectivity index (χ1) is 13.6. The van der Waals surface area contributed by atoms with Crippen molar-refractivity contribution in [3.63, 3.8) is 0 Å². The summed E-state index contributed by atoms with van der Waals surface area (Å²) >= 11 is 8.67. The summed E-state index contributed by atoms with van der Waals surface area (Å²) in [5.74, 6) is 0.353. The summed E-state index contributed by atoms with van der Waals surface area (Å²) in [6, 6.07) is 24.7. The molecule has 0 aliphatic rings. The Morgan fingerprint density at radius 3 is 2.50 bits per heavy atom. The van der Waals surface area contributed by atoms with E-state index in [1.54, 1.807) is 18.2 Å². The van der Waals surface area contributed by atoms with Crippen LogP contribution < -0.4 is 15.4 Å². The zero-order chi connectivity index (χ0) is 19.8. The molecule has 0 atom stereocenters. The number of halogens is 1. The maximum Gasteiger partial charge on any atom is 0.257 e. The van der Waals surface area contributed by atoms with Gasteiger partial charge in [-0.25, -0.2) is 0 Å². The number of amides is 1. The minimum Gasteiger partial charge on any atom is -0.493 e. The van der Waals surface area contributed by atoms with E-state index >= 15 is 0 Å². The fourth-order valence-electron chi connectivity index (χ4n) is 2.55. The second kappa shape index (κ2) is 10.0. The average molecular weight is 455 g/mol. The third-order valence-electron chi connectivity index (χ3n) is 3.95. The van der Waals surface area contributed by atoms with Gasteiger partial charge >= 0.3 is 0 Å². The SMILES string of the molecule is O=C(NC(=S)Nc1ccccc1Br)c1cccc(OCCc2ccccc2)c1. The fraction of sp³-hybridized carbons (Fsp3) is 0.0909. The lowest BCUT2D eigenvalue weighted by Gasteiger charge is -2.12. The molecule has 0 fully saturated rings. The Labute approximate surface area is 178 Å². The highest BCUT2D eigenvalue weighted by Crippen LogP contribution is 2.21. The number of carbonyl (C=O) groups is 1. The molecule has 0 aliphatic heterocycles. The quantitative estimate of drug-likeness (QED) is 0.502. The average Bonchev–Trinajstić information content (AvgIpc) is 2.71. The van der Waals surface area contributed by atoms with Crippen molar-refractivity contribution in [2.75, 3.05) is 11.9 Å². The number of thiocarbonyl (C=S) groups is 1. The Bertz CT molecular complexity index is 964. The van der Waals surface area contributed by atoms with E-state index in [9.17, 15) is 4.79 Å². The van der Waals surface area contributed by atoms with Crippen molar-refractivity contribution in [3.8, 4) is 5.75 Å². The van der Waals surface area contributed by atoms with Gasteiger partial charge in [-0.3, -0.25) is 10.1 Å². The van der Waals surface area contributed by atoms with Crippen LogP contribution in [0, 0.1) is 0 Å². The molecule has 142 valence electrons. The van der Waals surface area contributed by atoms with Crippen molar-refractivity contribution in [2.24, 2.45) is 0 Å². The first-order valence-corrected chi connectivity index (χ1v) is 9.95. The molecule has 0 radical (unpaired) electrons. The fourth-order valence-corrected chi connectivity index (χ4v) is 3.14. The Morgan fingerprint density at radius 1 is 0.964 bits per heavy atom. The smallest absolute Gasteiger partial charge is 0.257 e. The molecular weight excluding hydrogens is 436 g/mol. The van der Waals surface area contributed by atoms with Gasteiger partial charge in [-0.1, -0.05) is 48.5 Å². The summed E-state index contributed by atoms with van der Waals surface area (Å²) in [7, 11) is 0. The lowest BCUT2D eigenvalue weighted by molar-refractivity contribution is 0.0977. The van der Waals surface area contributed by atoms with Crippen molar-refractivity contribution in [1.29, 1.82) is 0 Å². The monoisotopic (exact) mass is 454 g/mol. The predicted molar refractivity (Wildman–Crippen MR) is 120 cm³/mol. The van der Waals surface area contributed by atoms with Gasteiger partial charge in [0.25, 0.3) is 5.91 Å². The first kappa shape index (κ1) is 20.0. The maximum atomic E-state index is 12.5. The predicted octanol–water partition coefficient (Wildman–Crippen LogP) is 5.20. The van der Waals surface area contributed by atoms with Crippen LogP contribution in [0.4, 0.5) is 5.69 Å². The minimum absolute atomic E-state index is 0.229.